The second-order valence-electron chi connectivity index (χ2n) is 5.17. The topological polar surface area (TPSA) is 72.3 Å². The fourth-order valence-electron chi connectivity index (χ4n) is 2.31. The molecule has 0 saturated heterocycles. The molecule has 1 amide bonds. The van der Waals surface area contributed by atoms with Gasteiger partial charge in [-0.1, -0.05) is 31.2 Å². The van der Waals surface area contributed by atoms with Crippen molar-refractivity contribution in [2.75, 3.05) is 17.7 Å². The van der Waals surface area contributed by atoms with Gasteiger partial charge in [0.2, 0.25) is 0 Å². The van der Waals surface area contributed by atoms with Gasteiger partial charge < -0.3 is 16.4 Å². The molecule has 0 aliphatic rings. The SMILES string of the molecule is CCc1ccc(CN(C)c2cc(N)ccc2C(N)=O)cc1. The molecule has 0 unspecified atom stereocenters. The van der Waals surface area contributed by atoms with Crippen molar-refractivity contribution in [2.45, 2.75) is 19.9 Å². The summed E-state index contributed by atoms with van der Waals surface area (Å²) in [6.45, 7) is 2.82. The van der Waals surface area contributed by atoms with Crippen LogP contribution in [0.4, 0.5) is 11.4 Å². The summed E-state index contributed by atoms with van der Waals surface area (Å²) in [5.41, 5.74) is 15.6. The Morgan fingerprint density at radius 3 is 2.29 bits per heavy atom. The van der Waals surface area contributed by atoms with E-state index in [2.05, 4.69) is 31.2 Å². The average molecular weight is 283 g/mol. The zero-order valence-corrected chi connectivity index (χ0v) is 12.5. The van der Waals surface area contributed by atoms with Gasteiger partial charge in [0.15, 0.2) is 0 Å². The zero-order chi connectivity index (χ0) is 15.4. The van der Waals surface area contributed by atoms with Crippen LogP contribution in [0.25, 0.3) is 0 Å². The number of primary amides is 1. The maximum atomic E-state index is 11.5. The molecule has 0 radical (unpaired) electrons. The lowest BCUT2D eigenvalue weighted by Gasteiger charge is -2.22. The molecule has 4 N–H and O–H groups in total. The van der Waals surface area contributed by atoms with Crippen LogP contribution >= 0.6 is 0 Å². The van der Waals surface area contributed by atoms with Crippen molar-refractivity contribution in [3.05, 3.63) is 59.2 Å². The van der Waals surface area contributed by atoms with Crippen LogP contribution < -0.4 is 16.4 Å². The van der Waals surface area contributed by atoms with E-state index in [1.807, 2.05) is 11.9 Å². The lowest BCUT2D eigenvalue weighted by atomic mass is 10.1. The van der Waals surface area contributed by atoms with Crippen molar-refractivity contribution in [2.24, 2.45) is 5.73 Å². The van der Waals surface area contributed by atoms with Crippen LogP contribution in [0.1, 0.15) is 28.4 Å². The van der Waals surface area contributed by atoms with Crippen molar-refractivity contribution in [1.29, 1.82) is 0 Å². The van der Waals surface area contributed by atoms with Gasteiger partial charge in [0, 0.05) is 19.3 Å². The zero-order valence-electron chi connectivity index (χ0n) is 12.5. The van der Waals surface area contributed by atoms with Crippen LogP contribution in [-0.4, -0.2) is 13.0 Å². The normalized spacial score (nSPS) is 10.4. The summed E-state index contributed by atoms with van der Waals surface area (Å²) < 4.78 is 0. The number of nitrogens with zero attached hydrogens (tertiary/aromatic N) is 1. The molecule has 0 aromatic heterocycles. The van der Waals surface area contributed by atoms with Gasteiger partial charge in [0.25, 0.3) is 5.91 Å². The summed E-state index contributed by atoms with van der Waals surface area (Å²) in [6, 6.07) is 13.6. The number of carbonyl (C=O) groups is 1. The summed E-state index contributed by atoms with van der Waals surface area (Å²) in [4.78, 5) is 13.5. The van der Waals surface area contributed by atoms with Crippen LogP contribution in [0.3, 0.4) is 0 Å². The van der Waals surface area contributed by atoms with Crippen LogP contribution in [0.2, 0.25) is 0 Å². The predicted molar refractivity (Wildman–Crippen MR) is 87.3 cm³/mol. The molecule has 110 valence electrons. The summed E-state index contributed by atoms with van der Waals surface area (Å²) in [6.07, 6.45) is 1.02. The predicted octanol–water partition coefficient (Wildman–Crippen LogP) is 2.57. The highest BCUT2D eigenvalue weighted by Crippen LogP contribution is 2.24. The highest BCUT2D eigenvalue weighted by Gasteiger charge is 2.12. The summed E-state index contributed by atoms with van der Waals surface area (Å²) >= 11 is 0. The number of aryl methyl sites for hydroxylation is 1. The number of amides is 1. The third kappa shape index (κ3) is 3.54. The van der Waals surface area contributed by atoms with E-state index in [0.717, 1.165) is 12.1 Å². The number of rotatable bonds is 5. The van der Waals surface area contributed by atoms with E-state index in [9.17, 15) is 4.79 Å². The maximum Gasteiger partial charge on any atom is 0.250 e. The highest BCUT2D eigenvalue weighted by molar-refractivity contribution is 5.99. The lowest BCUT2D eigenvalue weighted by molar-refractivity contribution is 0.100. The smallest absolute Gasteiger partial charge is 0.250 e. The molecule has 0 saturated carbocycles. The molecule has 0 heterocycles. The minimum Gasteiger partial charge on any atom is -0.399 e. The van der Waals surface area contributed by atoms with Gasteiger partial charge in [-0.15, -0.1) is 0 Å². The van der Waals surface area contributed by atoms with Gasteiger partial charge in [-0.2, -0.15) is 0 Å². The van der Waals surface area contributed by atoms with Crippen LogP contribution in [0.15, 0.2) is 42.5 Å². The van der Waals surface area contributed by atoms with E-state index in [0.29, 0.717) is 17.8 Å². The first-order chi connectivity index (χ1) is 10.0. The van der Waals surface area contributed by atoms with Gasteiger partial charge in [-0.25, -0.2) is 0 Å². The molecule has 0 bridgehead atoms. The molecule has 2 aromatic rings. The summed E-state index contributed by atoms with van der Waals surface area (Å²) in [5, 5.41) is 0. The Labute approximate surface area is 125 Å². The van der Waals surface area contributed by atoms with E-state index in [1.54, 1.807) is 18.2 Å². The third-order valence-corrected chi connectivity index (χ3v) is 3.55. The Balaban J connectivity index is 2.24. The van der Waals surface area contributed by atoms with Gasteiger partial charge in [-0.3, -0.25) is 4.79 Å². The Bertz CT molecular complexity index is 635. The molecule has 2 aromatic carbocycles. The highest BCUT2D eigenvalue weighted by atomic mass is 16.1. The monoisotopic (exact) mass is 283 g/mol. The first kappa shape index (κ1) is 14.9. The molecule has 4 nitrogen and oxygen atoms in total. The van der Waals surface area contributed by atoms with Gasteiger partial charge in [0.05, 0.1) is 11.3 Å². The third-order valence-electron chi connectivity index (χ3n) is 3.55. The number of hydrogen-bond donors (Lipinski definition) is 2. The van der Waals surface area contributed by atoms with Crippen molar-refractivity contribution >= 4 is 17.3 Å². The summed E-state index contributed by atoms with van der Waals surface area (Å²) in [7, 11) is 1.93. The van der Waals surface area contributed by atoms with Crippen molar-refractivity contribution in [1.82, 2.24) is 0 Å². The van der Waals surface area contributed by atoms with Gasteiger partial charge >= 0.3 is 0 Å². The van der Waals surface area contributed by atoms with Crippen molar-refractivity contribution < 1.29 is 4.79 Å². The molecule has 0 atom stereocenters. The number of nitrogens with two attached hydrogens (primary N) is 2. The van der Waals surface area contributed by atoms with Crippen molar-refractivity contribution in [3.8, 4) is 0 Å². The minimum absolute atomic E-state index is 0.446. The maximum absolute atomic E-state index is 11.5. The van der Waals surface area contributed by atoms with Gasteiger partial charge in [0.1, 0.15) is 0 Å². The fraction of sp³-hybridized carbons (Fsp3) is 0.235. The number of carbonyl (C=O) groups excluding carboxylic acids is 1. The molecule has 2 rings (SSSR count). The Morgan fingerprint density at radius 1 is 1.10 bits per heavy atom. The number of anilines is 2. The quantitative estimate of drug-likeness (QED) is 0.828. The van der Waals surface area contributed by atoms with E-state index in [-0.39, 0.29) is 0 Å². The molecule has 0 aliphatic carbocycles. The standard InChI is InChI=1S/C17H21N3O/c1-3-12-4-6-13(7-5-12)11-20(2)16-10-14(18)8-9-15(16)17(19)21/h4-10H,3,11,18H2,1-2H3,(H2,19,21). The fourth-order valence-corrected chi connectivity index (χ4v) is 2.31. The van der Waals surface area contributed by atoms with Crippen LogP contribution in [-0.2, 0) is 13.0 Å². The van der Waals surface area contributed by atoms with Crippen molar-refractivity contribution in [3.63, 3.8) is 0 Å². The van der Waals surface area contributed by atoms with E-state index < -0.39 is 5.91 Å². The Kier molecular flexibility index (Phi) is 4.48. The molecule has 0 fully saturated rings. The first-order valence-electron chi connectivity index (χ1n) is 6.99. The van der Waals surface area contributed by atoms with E-state index in [4.69, 9.17) is 11.5 Å². The molecule has 0 spiro atoms. The Morgan fingerprint density at radius 2 is 1.71 bits per heavy atom. The summed E-state index contributed by atoms with van der Waals surface area (Å²) in [5.74, 6) is -0.446. The minimum atomic E-state index is -0.446. The molecular weight excluding hydrogens is 262 g/mol. The lowest BCUT2D eigenvalue weighted by Crippen LogP contribution is -2.22. The number of nitrogen functional groups attached to an aromatic ring is 1. The molecule has 0 aliphatic heterocycles. The first-order valence-corrected chi connectivity index (χ1v) is 6.99. The molecule has 21 heavy (non-hydrogen) atoms. The molecular formula is C17H21N3O. The second-order valence-corrected chi connectivity index (χ2v) is 5.17. The Hall–Kier alpha value is -2.49. The molecule has 4 heteroatoms. The largest absolute Gasteiger partial charge is 0.399 e. The average Bonchev–Trinajstić information content (AvgIpc) is 2.47. The van der Waals surface area contributed by atoms with E-state index >= 15 is 0 Å². The van der Waals surface area contributed by atoms with Gasteiger partial charge in [-0.05, 0) is 35.7 Å². The van der Waals surface area contributed by atoms with Crippen LogP contribution in [0, 0.1) is 0 Å². The van der Waals surface area contributed by atoms with E-state index in [1.165, 1.54) is 11.1 Å². The number of benzene rings is 2. The second kappa shape index (κ2) is 6.31. The van der Waals surface area contributed by atoms with Crippen LogP contribution in [0.5, 0.6) is 0 Å². The number of hydrogen-bond acceptors (Lipinski definition) is 3.